The molecule has 1 aromatic carbocycles. The van der Waals surface area contributed by atoms with Crippen molar-refractivity contribution in [2.75, 3.05) is 25.0 Å². The Balaban J connectivity index is 1.75. The molecule has 0 saturated carbocycles. The zero-order valence-corrected chi connectivity index (χ0v) is 10.2. The van der Waals surface area contributed by atoms with Gasteiger partial charge in [-0.1, -0.05) is 25.5 Å². The van der Waals surface area contributed by atoms with Gasteiger partial charge in [0.2, 0.25) is 0 Å². The first-order chi connectivity index (χ1) is 8.40. The molecule has 0 aliphatic rings. The van der Waals surface area contributed by atoms with Crippen LogP contribution in [0.3, 0.4) is 0 Å². The minimum atomic E-state index is 0.600. The zero-order chi connectivity index (χ0) is 11.9. The van der Waals surface area contributed by atoms with Crippen molar-refractivity contribution in [1.82, 2.24) is 10.3 Å². The van der Waals surface area contributed by atoms with Gasteiger partial charge in [-0.15, -0.1) is 0 Å². The molecule has 0 bridgehead atoms. The molecule has 0 atom stereocenters. The highest BCUT2D eigenvalue weighted by molar-refractivity contribution is 5.74. The van der Waals surface area contributed by atoms with Crippen LogP contribution in [0, 0.1) is 0 Å². The maximum Gasteiger partial charge on any atom is 0.295 e. The number of hydrogen-bond donors (Lipinski definition) is 2. The Bertz CT molecular complexity index is 420. The lowest BCUT2D eigenvalue weighted by Gasteiger charge is -2.03. The molecule has 0 saturated heterocycles. The number of nitrogens with zero attached hydrogens (tertiary/aromatic N) is 1. The summed E-state index contributed by atoms with van der Waals surface area (Å²) in [5, 5.41) is 6.53. The van der Waals surface area contributed by atoms with Gasteiger partial charge in [-0.3, -0.25) is 0 Å². The molecule has 92 valence electrons. The molecule has 2 N–H and O–H groups in total. The van der Waals surface area contributed by atoms with Crippen molar-refractivity contribution in [3.8, 4) is 0 Å². The van der Waals surface area contributed by atoms with Crippen LogP contribution in [-0.2, 0) is 0 Å². The molecule has 2 rings (SSSR count). The molecule has 0 fully saturated rings. The van der Waals surface area contributed by atoms with Crippen molar-refractivity contribution in [1.29, 1.82) is 0 Å². The lowest BCUT2D eigenvalue weighted by Crippen LogP contribution is -2.23. The van der Waals surface area contributed by atoms with Gasteiger partial charge in [-0.05, 0) is 25.1 Å². The van der Waals surface area contributed by atoms with Gasteiger partial charge in [-0.2, -0.15) is 4.98 Å². The highest BCUT2D eigenvalue weighted by Gasteiger charge is 2.02. The van der Waals surface area contributed by atoms with Crippen LogP contribution < -0.4 is 10.6 Å². The number of nitrogens with one attached hydrogen (secondary N) is 2. The lowest BCUT2D eigenvalue weighted by molar-refractivity contribution is 0.604. The predicted octanol–water partition coefficient (Wildman–Crippen LogP) is 2.63. The maximum absolute atomic E-state index is 5.55. The van der Waals surface area contributed by atoms with Crippen molar-refractivity contribution in [3.63, 3.8) is 0 Å². The SMILES string of the molecule is CCCCNCCNc1nc2ccccc2o1. The van der Waals surface area contributed by atoms with Gasteiger partial charge in [0.1, 0.15) is 5.52 Å². The summed E-state index contributed by atoms with van der Waals surface area (Å²) < 4.78 is 5.55. The number of hydrogen-bond acceptors (Lipinski definition) is 4. The number of fused-ring (bicyclic) bond motifs is 1. The van der Waals surface area contributed by atoms with Crippen molar-refractivity contribution < 1.29 is 4.42 Å². The summed E-state index contributed by atoms with van der Waals surface area (Å²) in [6.45, 7) is 5.03. The Morgan fingerprint density at radius 3 is 2.88 bits per heavy atom. The van der Waals surface area contributed by atoms with E-state index in [4.69, 9.17) is 4.42 Å². The molecule has 1 aromatic heterocycles. The van der Waals surface area contributed by atoms with Gasteiger partial charge in [0, 0.05) is 13.1 Å². The van der Waals surface area contributed by atoms with Crippen LogP contribution in [0.15, 0.2) is 28.7 Å². The second kappa shape index (κ2) is 6.25. The first-order valence-corrected chi connectivity index (χ1v) is 6.20. The van der Waals surface area contributed by atoms with E-state index in [9.17, 15) is 0 Å². The van der Waals surface area contributed by atoms with E-state index in [1.165, 1.54) is 12.8 Å². The Kier molecular flexibility index (Phi) is 4.38. The minimum Gasteiger partial charge on any atom is -0.424 e. The third-order valence-corrected chi connectivity index (χ3v) is 2.58. The van der Waals surface area contributed by atoms with Crippen LogP contribution in [0.1, 0.15) is 19.8 Å². The van der Waals surface area contributed by atoms with Crippen LogP contribution in [0.2, 0.25) is 0 Å². The molecule has 0 spiro atoms. The summed E-state index contributed by atoms with van der Waals surface area (Å²) >= 11 is 0. The van der Waals surface area contributed by atoms with E-state index in [-0.39, 0.29) is 0 Å². The van der Waals surface area contributed by atoms with Gasteiger partial charge >= 0.3 is 0 Å². The number of para-hydroxylation sites is 2. The third kappa shape index (κ3) is 3.46. The third-order valence-electron chi connectivity index (χ3n) is 2.58. The van der Waals surface area contributed by atoms with Gasteiger partial charge in [0.05, 0.1) is 0 Å². The maximum atomic E-state index is 5.55. The Hall–Kier alpha value is -1.55. The smallest absolute Gasteiger partial charge is 0.295 e. The van der Waals surface area contributed by atoms with Crippen LogP contribution in [0.5, 0.6) is 0 Å². The van der Waals surface area contributed by atoms with Gasteiger partial charge < -0.3 is 15.1 Å². The summed E-state index contributed by atoms with van der Waals surface area (Å²) in [4.78, 5) is 4.34. The number of anilines is 1. The van der Waals surface area contributed by atoms with E-state index in [2.05, 4.69) is 22.5 Å². The van der Waals surface area contributed by atoms with E-state index < -0.39 is 0 Å². The van der Waals surface area contributed by atoms with Gasteiger partial charge in [0.15, 0.2) is 5.58 Å². The van der Waals surface area contributed by atoms with E-state index in [1.807, 2.05) is 24.3 Å². The first kappa shape index (κ1) is 11.9. The predicted molar refractivity (Wildman–Crippen MR) is 70.3 cm³/mol. The molecule has 0 unspecified atom stereocenters. The number of unbranched alkanes of at least 4 members (excludes halogenated alkanes) is 1. The number of aromatic nitrogens is 1. The molecule has 1 heterocycles. The molecule has 0 aliphatic carbocycles. The number of benzene rings is 1. The molecular formula is C13H19N3O. The summed E-state index contributed by atoms with van der Waals surface area (Å²) in [5.74, 6) is 0. The van der Waals surface area contributed by atoms with Crippen molar-refractivity contribution >= 4 is 17.1 Å². The largest absolute Gasteiger partial charge is 0.424 e. The summed E-state index contributed by atoms with van der Waals surface area (Å²) in [5.41, 5.74) is 1.72. The second-order valence-electron chi connectivity index (χ2n) is 4.02. The van der Waals surface area contributed by atoms with E-state index in [0.717, 1.165) is 30.7 Å². The average Bonchev–Trinajstić information content (AvgIpc) is 2.76. The Morgan fingerprint density at radius 2 is 2.06 bits per heavy atom. The molecule has 0 radical (unpaired) electrons. The van der Waals surface area contributed by atoms with Crippen molar-refractivity contribution in [3.05, 3.63) is 24.3 Å². The fraction of sp³-hybridized carbons (Fsp3) is 0.462. The van der Waals surface area contributed by atoms with Crippen LogP contribution in [-0.4, -0.2) is 24.6 Å². The van der Waals surface area contributed by atoms with E-state index in [0.29, 0.717) is 6.01 Å². The monoisotopic (exact) mass is 233 g/mol. The fourth-order valence-corrected chi connectivity index (χ4v) is 1.63. The standard InChI is InChI=1S/C13H19N3O/c1-2-3-8-14-9-10-15-13-16-11-6-4-5-7-12(11)17-13/h4-7,14H,2-3,8-10H2,1H3,(H,15,16). The van der Waals surface area contributed by atoms with Crippen LogP contribution in [0.25, 0.3) is 11.1 Å². The average molecular weight is 233 g/mol. The second-order valence-corrected chi connectivity index (χ2v) is 4.02. The molecule has 2 aromatic rings. The van der Waals surface area contributed by atoms with E-state index in [1.54, 1.807) is 0 Å². The van der Waals surface area contributed by atoms with E-state index >= 15 is 0 Å². The van der Waals surface area contributed by atoms with Crippen LogP contribution >= 0.6 is 0 Å². The number of rotatable bonds is 7. The topological polar surface area (TPSA) is 50.1 Å². The van der Waals surface area contributed by atoms with Crippen LogP contribution in [0.4, 0.5) is 6.01 Å². The highest BCUT2D eigenvalue weighted by atomic mass is 16.4. The normalized spacial score (nSPS) is 10.9. The molecule has 4 nitrogen and oxygen atoms in total. The zero-order valence-electron chi connectivity index (χ0n) is 10.2. The lowest BCUT2D eigenvalue weighted by atomic mass is 10.3. The summed E-state index contributed by atoms with van der Waals surface area (Å²) in [6.07, 6.45) is 2.45. The molecule has 0 aliphatic heterocycles. The van der Waals surface area contributed by atoms with Gasteiger partial charge in [-0.25, -0.2) is 0 Å². The minimum absolute atomic E-state index is 0.600. The van der Waals surface area contributed by atoms with Gasteiger partial charge in [0.25, 0.3) is 6.01 Å². The fourth-order valence-electron chi connectivity index (χ4n) is 1.63. The quantitative estimate of drug-likeness (QED) is 0.722. The molecule has 17 heavy (non-hydrogen) atoms. The molecule has 4 heteroatoms. The molecule has 0 amide bonds. The summed E-state index contributed by atoms with van der Waals surface area (Å²) in [6, 6.07) is 8.38. The number of oxazole rings is 1. The Morgan fingerprint density at radius 1 is 1.18 bits per heavy atom. The first-order valence-electron chi connectivity index (χ1n) is 6.20. The Labute approximate surface area is 101 Å². The highest BCUT2D eigenvalue weighted by Crippen LogP contribution is 2.17. The summed E-state index contributed by atoms with van der Waals surface area (Å²) in [7, 11) is 0. The van der Waals surface area contributed by atoms with Crippen molar-refractivity contribution in [2.45, 2.75) is 19.8 Å². The molecular weight excluding hydrogens is 214 g/mol. The van der Waals surface area contributed by atoms with Crippen molar-refractivity contribution in [2.24, 2.45) is 0 Å².